The van der Waals surface area contributed by atoms with Crippen LogP contribution < -0.4 is 0 Å². The summed E-state index contributed by atoms with van der Waals surface area (Å²) in [6.45, 7) is 3.62. The molecule has 2 aromatic carbocycles. The second-order valence-electron chi connectivity index (χ2n) is 5.76. The van der Waals surface area contributed by atoms with Crippen molar-refractivity contribution in [3.8, 4) is 0 Å². The van der Waals surface area contributed by atoms with Crippen LogP contribution in [0, 0.1) is 0 Å². The summed E-state index contributed by atoms with van der Waals surface area (Å²) in [4.78, 5) is 12.8. The van der Waals surface area contributed by atoms with Gasteiger partial charge in [-0.05, 0) is 31.5 Å². The number of ketones is 1. The zero-order valence-corrected chi connectivity index (χ0v) is 13.2. The molecule has 1 fully saturated rings. The van der Waals surface area contributed by atoms with E-state index in [0.717, 1.165) is 5.56 Å². The summed E-state index contributed by atoms with van der Waals surface area (Å²) >= 11 is 6.06. The van der Waals surface area contributed by atoms with E-state index < -0.39 is 18.0 Å². The van der Waals surface area contributed by atoms with Crippen LogP contribution in [0.15, 0.2) is 54.6 Å². The zero-order chi connectivity index (χ0) is 15.7. The van der Waals surface area contributed by atoms with Crippen molar-refractivity contribution in [3.05, 3.63) is 70.7 Å². The summed E-state index contributed by atoms with van der Waals surface area (Å²) in [5.41, 5.74) is 1.45. The van der Waals surface area contributed by atoms with Crippen LogP contribution >= 0.6 is 11.6 Å². The van der Waals surface area contributed by atoms with Crippen LogP contribution in [0.2, 0.25) is 5.02 Å². The van der Waals surface area contributed by atoms with E-state index in [0.29, 0.717) is 10.6 Å². The molecule has 0 aliphatic carbocycles. The molecule has 22 heavy (non-hydrogen) atoms. The van der Waals surface area contributed by atoms with E-state index in [1.807, 2.05) is 50.2 Å². The van der Waals surface area contributed by atoms with Gasteiger partial charge in [-0.15, -0.1) is 0 Å². The first-order valence-corrected chi connectivity index (χ1v) is 7.54. The molecule has 1 heterocycles. The molecule has 0 radical (unpaired) electrons. The summed E-state index contributed by atoms with van der Waals surface area (Å²) in [6.07, 6.45) is -1.16. The number of ether oxygens (including phenoxy) is 2. The Morgan fingerprint density at radius 2 is 1.77 bits per heavy atom. The molecule has 1 aliphatic heterocycles. The molecule has 1 aliphatic rings. The van der Waals surface area contributed by atoms with Crippen LogP contribution in [-0.4, -0.2) is 17.7 Å². The summed E-state index contributed by atoms with van der Waals surface area (Å²) < 4.78 is 11.8. The summed E-state index contributed by atoms with van der Waals surface area (Å²) in [5, 5.41) is 0.608. The maximum atomic E-state index is 12.8. The standard InChI is InChI=1S/C18H17ClO3/c1-18(2)21-16(13-9-6-10-14(19)11-13)17(22-18)15(20)12-7-4-3-5-8-12/h3-11,16-17H,1-2H3/t16-,17+/m1/s1. The van der Waals surface area contributed by atoms with Crippen molar-refractivity contribution in [2.45, 2.75) is 31.8 Å². The Morgan fingerprint density at radius 1 is 1.05 bits per heavy atom. The highest BCUT2D eigenvalue weighted by molar-refractivity contribution is 6.30. The lowest BCUT2D eigenvalue weighted by molar-refractivity contribution is -0.143. The van der Waals surface area contributed by atoms with Crippen molar-refractivity contribution in [3.63, 3.8) is 0 Å². The molecule has 0 N–H and O–H groups in total. The molecule has 0 bridgehead atoms. The van der Waals surface area contributed by atoms with Crippen LogP contribution in [0.25, 0.3) is 0 Å². The fourth-order valence-corrected chi connectivity index (χ4v) is 2.85. The first kappa shape index (κ1) is 15.2. The molecule has 1 saturated heterocycles. The van der Waals surface area contributed by atoms with Crippen molar-refractivity contribution in [2.24, 2.45) is 0 Å². The average molecular weight is 317 g/mol. The Hall–Kier alpha value is -1.68. The topological polar surface area (TPSA) is 35.5 Å². The number of hydrogen-bond donors (Lipinski definition) is 0. The first-order chi connectivity index (χ1) is 10.5. The second-order valence-corrected chi connectivity index (χ2v) is 6.20. The zero-order valence-electron chi connectivity index (χ0n) is 12.5. The Bertz CT molecular complexity index is 682. The van der Waals surface area contributed by atoms with Crippen LogP contribution in [-0.2, 0) is 9.47 Å². The number of Topliss-reactive ketones (excluding diaryl/α,β-unsaturated/α-hetero) is 1. The van der Waals surface area contributed by atoms with Gasteiger partial charge in [-0.1, -0.05) is 54.1 Å². The lowest BCUT2D eigenvalue weighted by Crippen LogP contribution is -2.28. The van der Waals surface area contributed by atoms with E-state index >= 15 is 0 Å². The van der Waals surface area contributed by atoms with Gasteiger partial charge in [0, 0.05) is 10.6 Å². The lowest BCUT2D eigenvalue weighted by Gasteiger charge is -2.17. The highest BCUT2D eigenvalue weighted by Gasteiger charge is 2.46. The smallest absolute Gasteiger partial charge is 0.194 e. The van der Waals surface area contributed by atoms with Crippen molar-refractivity contribution in [1.29, 1.82) is 0 Å². The Morgan fingerprint density at radius 3 is 2.45 bits per heavy atom. The van der Waals surface area contributed by atoms with Crippen LogP contribution in [0.1, 0.15) is 35.9 Å². The second kappa shape index (κ2) is 5.84. The van der Waals surface area contributed by atoms with Gasteiger partial charge in [0.2, 0.25) is 0 Å². The first-order valence-electron chi connectivity index (χ1n) is 7.17. The third-order valence-corrected chi connectivity index (χ3v) is 3.83. The molecule has 2 aromatic rings. The number of halogens is 1. The minimum atomic E-state index is -0.817. The molecule has 114 valence electrons. The minimum Gasteiger partial charge on any atom is -0.339 e. The van der Waals surface area contributed by atoms with Gasteiger partial charge in [-0.3, -0.25) is 4.79 Å². The predicted molar refractivity (Wildman–Crippen MR) is 85.0 cm³/mol. The third-order valence-electron chi connectivity index (χ3n) is 3.59. The highest BCUT2D eigenvalue weighted by Crippen LogP contribution is 2.40. The molecule has 0 unspecified atom stereocenters. The summed E-state index contributed by atoms with van der Waals surface area (Å²) in [6, 6.07) is 16.5. The quantitative estimate of drug-likeness (QED) is 0.787. The molecule has 0 saturated carbocycles. The monoisotopic (exact) mass is 316 g/mol. The molecular formula is C18H17ClO3. The van der Waals surface area contributed by atoms with Crippen LogP contribution in [0.4, 0.5) is 0 Å². The van der Waals surface area contributed by atoms with Gasteiger partial charge in [0.15, 0.2) is 17.7 Å². The number of carbonyl (C=O) groups is 1. The van der Waals surface area contributed by atoms with Crippen LogP contribution in [0.3, 0.4) is 0 Å². The normalized spacial score (nSPS) is 23.4. The van der Waals surface area contributed by atoms with Gasteiger partial charge < -0.3 is 9.47 Å². The van der Waals surface area contributed by atoms with Gasteiger partial charge in [0.25, 0.3) is 0 Å². The lowest BCUT2D eigenvalue weighted by atomic mass is 9.97. The molecule has 0 spiro atoms. The largest absolute Gasteiger partial charge is 0.339 e. The molecule has 3 nitrogen and oxygen atoms in total. The summed E-state index contributed by atoms with van der Waals surface area (Å²) in [5.74, 6) is -0.904. The van der Waals surface area contributed by atoms with Gasteiger partial charge in [0.05, 0.1) is 0 Å². The average Bonchev–Trinajstić information content (AvgIpc) is 2.83. The van der Waals surface area contributed by atoms with E-state index in [9.17, 15) is 4.79 Å². The van der Waals surface area contributed by atoms with Crippen molar-refractivity contribution in [1.82, 2.24) is 0 Å². The van der Waals surface area contributed by atoms with Crippen molar-refractivity contribution in [2.75, 3.05) is 0 Å². The van der Waals surface area contributed by atoms with Crippen molar-refractivity contribution < 1.29 is 14.3 Å². The number of hydrogen-bond acceptors (Lipinski definition) is 3. The third kappa shape index (κ3) is 3.07. The number of rotatable bonds is 3. The van der Waals surface area contributed by atoms with E-state index in [2.05, 4.69) is 0 Å². The van der Waals surface area contributed by atoms with E-state index in [1.165, 1.54) is 0 Å². The molecule has 3 rings (SSSR count). The molecule has 0 aromatic heterocycles. The molecular weight excluding hydrogens is 300 g/mol. The van der Waals surface area contributed by atoms with E-state index in [1.54, 1.807) is 18.2 Å². The van der Waals surface area contributed by atoms with Crippen molar-refractivity contribution >= 4 is 17.4 Å². The maximum Gasteiger partial charge on any atom is 0.194 e. The number of benzene rings is 2. The SMILES string of the molecule is CC1(C)O[C@H](c2cccc(Cl)c2)[C@H](C(=O)c2ccccc2)O1. The Kier molecular flexibility index (Phi) is 4.04. The van der Waals surface area contributed by atoms with Gasteiger partial charge in [0.1, 0.15) is 6.10 Å². The molecule has 2 atom stereocenters. The Balaban J connectivity index is 1.95. The number of carbonyl (C=O) groups excluding carboxylic acids is 1. The molecule has 4 heteroatoms. The van der Waals surface area contributed by atoms with Gasteiger partial charge in [-0.2, -0.15) is 0 Å². The predicted octanol–water partition coefficient (Wildman–Crippen LogP) is 4.42. The van der Waals surface area contributed by atoms with E-state index in [4.69, 9.17) is 21.1 Å². The fraction of sp³-hybridized carbons (Fsp3) is 0.278. The minimum absolute atomic E-state index is 0.0869. The molecule has 0 amide bonds. The summed E-state index contributed by atoms with van der Waals surface area (Å²) in [7, 11) is 0. The van der Waals surface area contributed by atoms with E-state index in [-0.39, 0.29) is 5.78 Å². The highest BCUT2D eigenvalue weighted by atomic mass is 35.5. The maximum absolute atomic E-state index is 12.8. The Labute approximate surface area is 134 Å². The van der Waals surface area contributed by atoms with Crippen LogP contribution in [0.5, 0.6) is 0 Å². The van der Waals surface area contributed by atoms with Gasteiger partial charge >= 0.3 is 0 Å². The van der Waals surface area contributed by atoms with Gasteiger partial charge in [-0.25, -0.2) is 0 Å². The fourth-order valence-electron chi connectivity index (χ4n) is 2.65.